The number of nitrogens with zero attached hydrogens (tertiary/aromatic N) is 2. The summed E-state index contributed by atoms with van der Waals surface area (Å²) in [5.41, 5.74) is 0.634. The van der Waals surface area contributed by atoms with Gasteiger partial charge in [0.15, 0.2) is 0 Å². The van der Waals surface area contributed by atoms with E-state index >= 15 is 0 Å². The highest BCUT2D eigenvalue weighted by Crippen LogP contribution is 2.39. The first-order valence-electron chi connectivity index (χ1n) is 9.02. The third-order valence-electron chi connectivity index (χ3n) is 5.18. The van der Waals surface area contributed by atoms with E-state index in [1.54, 1.807) is 31.4 Å². The maximum absolute atomic E-state index is 12.2. The van der Waals surface area contributed by atoms with Gasteiger partial charge in [-0.15, -0.1) is 0 Å². The van der Waals surface area contributed by atoms with Crippen molar-refractivity contribution >= 4 is 11.8 Å². The molecule has 1 aromatic rings. The van der Waals surface area contributed by atoms with Crippen molar-refractivity contribution in [2.75, 3.05) is 46.4 Å². The monoisotopic (exact) mass is 345 g/mol. The van der Waals surface area contributed by atoms with Crippen molar-refractivity contribution in [3.05, 3.63) is 29.8 Å². The Balaban J connectivity index is 1.35. The molecule has 0 unspecified atom stereocenters. The fraction of sp³-hybridized carbons (Fsp3) is 0.579. The smallest absolute Gasteiger partial charge is 0.251 e. The zero-order chi connectivity index (χ0) is 17.8. The van der Waals surface area contributed by atoms with E-state index in [0.29, 0.717) is 23.9 Å². The number of methoxy groups -OCH3 is 1. The van der Waals surface area contributed by atoms with Crippen molar-refractivity contribution in [2.45, 2.75) is 13.3 Å². The van der Waals surface area contributed by atoms with E-state index in [2.05, 4.69) is 17.1 Å². The minimum Gasteiger partial charge on any atom is -0.497 e. The van der Waals surface area contributed by atoms with Crippen LogP contribution < -0.4 is 10.1 Å². The van der Waals surface area contributed by atoms with Crippen LogP contribution in [-0.4, -0.2) is 68.0 Å². The van der Waals surface area contributed by atoms with Crippen LogP contribution in [0.4, 0.5) is 0 Å². The van der Waals surface area contributed by atoms with Gasteiger partial charge < -0.3 is 15.0 Å². The first-order chi connectivity index (χ1) is 12.1. The molecule has 2 fully saturated rings. The van der Waals surface area contributed by atoms with Crippen molar-refractivity contribution in [1.29, 1.82) is 0 Å². The molecule has 6 heteroatoms. The molecule has 2 atom stereocenters. The van der Waals surface area contributed by atoms with Crippen LogP contribution in [0.15, 0.2) is 24.3 Å². The van der Waals surface area contributed by atoms with E-state index in [-0.39, 0.29) is 11.8 Å². The van der Waals surface area contributed by atoms with Crippen LogP contribution >= 0.6 is 0 Å². The van der Waals surface area contributed by atoms with E-state index in [9.17, 15) is 9.59 Å². The largest absolute Gasteiger partial charge is 0.497 e. The molecule has 1 saturated heterocycles. The quantitative estimate of drug-likeness (QED) is 0.842. The molecule has 1 aliphatic carbocycles. The summed E-state index contributed by atoms with van der Waals surface area (Å²) in [6.45, 7) is 6.92. The standard InChI is InChI=1S/C19H27N3O3/c1-14-13-17(14)19(24)22-11-9-21(10-12-22)8-7-20-18(23)15-3-5-16(25-2)6-4-15/h3-6,14,17H,7-13H2,1-2H3,(H,20,23)/t14-,17-/m1/s1. The lowest BCUT2D eigenvalue weighted by molar-refractivity contribution is -0.134. The number of rotatable bonds is 6. The normalized spacial score (nSPS) is 23.2. The number of nitrogens with one attached hydrogen (secondary N) is 1. The zero-order valence-electron chi connectivity index (χ0n) is 15.0. The van der Waals surface area contributed by atoms with Gasteiger partial charge in [-0.2, -0.15) is 0 Å². The van der Waals surface area contributed by atoms with Crippen LogP contribution in [0.5, 0.6) is 5.75 Å². The van der Waals surface area contributed by atoms with E-state index in [1.807, 2.05) is 4.90 Å². The highest BCUT2D eigenvalue weighted by molar-refractivity contribution is 5.94. The van der Waals surface area contributed by atoms with E-state index in [0.717, 1.165) is 44.9 Å². The Kier molecular flexibility index (Phi) is 5.58. The molecule has 2 aliphatic rings. The minimum atomic E-state index is -0.0702. The lowest BCUT2D eigenvalue weighted by Gasteiger charge is -2.35. The first-order valence-corrected chi connectivity index (χ1v) is 9.02. The molecule has 3 rings (SSSR count). The van der Waals surface area contributed by atoms with Crippen molar-refractivity contribution in [3.8, 4) is 5.75 Å². The Hall–Kier alpha value is -2.08. The molecular formula is C19H27N3O3. The fourth-order valence-corrected chi connectivity index (χ4v) is 3.26. The Bertz CT molecular complexity index is 609. The van der Waals surface area contributed by atoms with Crippen LogP contribution in [0.1, 0.15) is 23.7 Å². The second-order valence-corrected chi connectivity index (χ2v) is 6.97. The molecular weight excluding hydrogens is 318 g/mol. The Morgan fingerprint density at radius 3 is 2.36 bits per heavy atom. The number of carbonyl (C=O) groups excluding carboxylic acids is 2. The number of hydrogen-bond acceptors (Lipinski definition) is 4. The maximum atomic E-state index is 12.2. The predicted molar refractivity (Wildman–Crippen MR) is 95.6 cm³/mol. The third kappa shape index (κ3) is 4.51. The minimum absolute atomic E-state index is 0.0702. The summed E-state index contributed by atoms with van der Waals surface area (Å²) in [5.74, 6) is 1.85. The molecule has 25 heavy (non-hydrogen) atoms. The summed E-state index contributed by atoms with van der Waals surface area (Å²) in [6.07, 6.45) is 1.05. The molecule has 136 valence electrons. The molecule has 1 N–H and O–H groups in total. The van der Waals surface area contributed by atoms with Crippen molar-refractivity contribution in [3.63, 3.8) is 0 Å². The van der Waals surface area contributed by atoms with Crippen LogP contribution in [0.25, 0.3) is 0 Å². The second-order valence-electron chi connectivity index (χ2n) is 6.97. The van der Waals surface area contributed by atoms with Crippen LogP contribution in [0.2, 0.25) is 0 Å². The number of ether oxygens (including phenoxy) is 1. The van der Waals surface area contributed by atoms with Gasteiger partial charge in [0.2, 0.25) is 5.91 Å². The Labute approximate surface area is 149 Å². The molecule has 2 amide bonds. The fourth-order valence-electron chi connectivity index (χ4n) is 3.26. The SMILES string of the molecule is COc1ccc(C(=O)NCCN2CCN(C(=O)[C@@H]3C[C@H]3C)CC2)cc1. The summed E-state index contributed by atoms with van der Waals surface area (Å²) < 4.78 is 5.09. The number of benzene rings is 1. The second kappa shape index (κ2) is 7.87. The third-order valence-corrected chi connectivity index (χ3v) is 5.18. The summed E-state index contributed by atoms with van der Waals surface area (Å²) in [5, 5.41) is 2.95. The molecule has 0 aromatic heterocycles. The van der Waals surface area contributed by atoms with Crippen molar-refractivity contribution < 1.29 is 14.3 Å². The number of piperazine rings is 1. The van der Waals surface area contributed by atoms with Crippen molar-refractivity contribution in [2.24, 2.45) is 11.8 Å². The summed E-state index contributed by atoms with van der Waals surface area (Å²) >= 11 is 0. The van der Waals surface area contributed by atoms with Crippen molar-refractivity contribution in [1.82, 2.24) is 15.1 Å². The average Bonchev–Trinajstić information content (AvgIpc) is 3.38. The zero-order valence-corrected chi connectivity index (χ0v) is 15.0. The molecule has 1 aromatic carbocycles. The molecule has 0 spiro atoms. The number of amides is 2. The number of hydrogen-bond donors (Lipinski definition) is 1. The molecule has 0 bridgehead atoms. The molecule has 1 aliphatic heterocycles. The highest BCUT2D eigenvalue weighted by atomic mass is 16.5. The average molecular weight is 345 g/mol. The van der Waals surface area contributed by atoms with Gasteiger partial charge in [-0.1, -0.05) is 6.92 Å². The maximum Gasteiger partial charge on any atom is 0.251 e. The lowest BCUT2D eigenvalue weighted by Crippen LogP contribution is -2.50. The van der Waals surface area contributed by atoms with Gasteiger partial charge in [0.1, 0.15) is 5.75 Å². The van der Waals surface area contributed by atoms with Gasteiger partial charge in [0, 0.05) is 50.7 Å². The molecule has 1 saturated carbocycles. The van der Waals surface area contributed by atoms with Gasteiger partial charge in [-0.3, -0.25) is 14.5 Å². The van der Waals surface area contributed by atoms with E-state index in [4.69, 9.17) is 4.74 Å². The van der Waals surface area contributed by atoms with Gasteiger partial charge >= 0.3 is 0 Å². The van der Waals surface area contributed by atoms with Crippen LogP contribution in [-0.2, 0) is 4.79 Å². The van der Waals surface area contributed by atoms with E-state index < -0.39 is 0 Å². The number of carbonyl (C=O) groups is 2. The predicted octanol–water partition coefficient (Wildman–Crippen LogP) is 1.23. The summed E-state index contributed by atoms with van der Waals surface area (Å²) in [7, 11) is 1.60. The van der Waals surface area contributed by atoms with Gasteiger partial charge in [0.25, 0.3) is 5.91 Å². The van der Waals surface area contributed by atoms with Gasteiger partial charge in [-0.05, 0) is 36.6 Å². The summed E-state index contributed by atoms with van der Waals surface area (Å²) in [4.78, 5) is 28.6. The Morgan fingerprint density at radius 1 is 1.16 bits per heavy atom. The lowest BCUT2D eigenvalue weighted by atomic mass is 10.2. The summed E-state index contributed by atoms with van der Waals surface area (Å²) in [6, 6.07) is 7.09. The molecule has 6 nitrogen and oxygen atoms in total. The van der Waals surface area contributed by atoms with Crippen LogP contribution in [0.3, 0.4) is 0 Å². The molecule has 0 radical (unpaired) electrons. The Morgan fingerprint density at radius 2 is 1.80 bits per heavy atom. The van der Waals surface area contributed by atoms with Gasteiger partial charge in [-0.25, -0.2) is 0 Å². The molecule has 1 heterocycles. The highest BCUT2D eigenvalue weighted by Gasteiger charge is 2.41. The van der Waals surface area contributed by atoms with Gasteiger partial charge in [0.05, 0.1) is 7.11 Å². The first kappa shape index (κ1) is 17.7. The topological polar surface area (TPSA) is 61.9 Å². The van der Waals surface area contributed by atoms with Crippen LogP contribution in [0, 0.1) is 11.8 Å². The van der Waals surface area contributed by atoms with E-state index in [1.165, 1.54) is 0 Å².